The maximum absolute atomic E-state index is 12.7. The van der Waals surface area contributed by atoms with Crippen molar-refractivity contribution in [1.82, 2.24) is 10.2 Å². The first-order valence-corrected chi connectivity index (χ1v) is 11.8. The Hall–Kier alpha value is -2.84. The van der Waals surface area contributed by atoms with Crippen LogP contribution in [0.2, 0.25) is 0 Å². The van der Waals surface area contributed by atoms with Crippen LogP contribution >= 0.6 is 0 Å². The molecule has 0 radical (unpaired) electrons. The minimum Gasteiger partial charge on any atom is -0.449 e. The summed E-state index contributed by atoms with van der Waals surface area (Å²) in [5.74, 6) is -0.0996. The second-order valence-electron chi connectivity index (χ2n) is 7.72. The molecule has 4 rings (SSSR count). The molecule has 2 aromatic carbocycles. The Morgan fingerprint density at radius 3 is 2.53 bits per heavy atom. The summed E-state index contributed by atoms with van der Waals surface area (Å²) in [7, 11) is -3.45. The minimum absolute atomic E-state index is 0.0892. The number of piperidine rings is 1. The van der Waals surface area contributed by atoms with Crippen molar-refractivity contribution >= 4 is 32.6 Å². The van der Waals surface area contributed by atoms with Crippen LogP contribution in [0.15, 0.2) is 59.0 Å². The van der Waals surface area contributed by atoms with Gasteiger partial charge in [-0.05, 0) is 30.5 Å². The zero-order valence-corrected chi connectivity index (χ0v) is 17.6. The fourth-order valence-corrected chi connectivity index (χ4v) is 4.35. The van der Waals surface area contributed by atoms with Gasteiger partial charge >= 0.3 is 0 Å². The molecule has 2 heterocycles. The van der Waals surface area contributed by atoms with Crippen molar-refractivity contribution in [2.75, 3.05) is 24.1 Å². The lowest BCUT2D eigenvalue weighted by Gasteiger charge is -2.32. The SMILES string of the molecule is CS(=O)(=O)Nc1cccc2cc(C(=O)NC3CCN(Cc4ccccc4)CC3)oc12. The molecule has 2 N–H and O–H groups in total. The third-order valence-electron chi connectivity index (χ3n) is 5.24. The second-order valence-corrected chi connectivity index (χ2v) is 9.47. The first-order chi connectivity index (χ1) is 14.4. The maximum atomic E-state index is 12.7. The highest BCUT2D eigenvalue weighted by molar-refractivity contribution is 7.92. The zero-order chi connectivity index (χ0) is 21.1. The van der Waals surface area contributed by atoms with E-state index >= 15 is 0 Å². The number of hydrogen-bond donors (Lipinski definition) is 2. The molecule has 158 valence electrons. The van der Waals surface area contributed by atoms with E-state index in [0.717, 1.165) is 38.7 Å². The molecule has 1 aliphatic heterocycles. The summed E-state index contributed by atoms with van der Waals surface area (Å²) in [6, 6.07) is 17.2. The van der Waals surface area contributed by atoms with Gasteiger partial charge in [0.05, 0.1) is 11.9 Å². The van der Waals surface area contributed by atoms with E-state index in [9.17, 15) is 13.2 Å². The Kier molecular flexibility index (Phi) is 5.78. The predicted octanol–water partition coefficient (Wildman–Crippen LogP) is 3.20. The molecule has 0 saturated carbocycles. The number of amides is 1. The van der Waals surface area contributed by atoms with E-state index in [1.165, 1.54) is 5.56 Å². The van der Waals surface area contributed by atoms with Gasteiger partial charge in [0.1, 0.15) is 0 Å². The van der Waals surface area contributed by atoms with Gasteiger partial charge in [0, 0.05) is 31.1 Å². The molecule has 0 unspecified atom stereocenters. The fraction of sp³-hybridized carbons (Fsp3) is 0.318. The predicted molar refractivity (Wildman–Crippen MR) is 117 cm³/mol. The summed E-state index contributed by atoms with van der Waals surface area (Å²) >= 11 is 0. The standard InChI is InChI=1S/C22H25N3O4S/c1-30(27,28)24-19-9-5-8-17-14-20(29-21(17)19)22(26)23-18-10-12-25(13-11-18)15-16-6-3-2-4-7-16/h2-9,14,18,24H,10-13,15H2,1H3,(H,23,26). The van der Waals surface area contributed by atoms with Gasteiger partial charge in [0.2, 0.25) is 10.0 Å². The number of hydrogen-bond acceptors (Lipinski definition) is 5. The topological polar surface area (TPSA) is 91.6 Å². The van der Waals surface area contributed by atoms with Crippen molar-refractivity contribution in [3.63, 3.8) is 0 Å². The minimum atomic E-state index is -3.45. The van der Waals surface area contributed by atoms with Crippen molar-refractivity contribution in [2.45, 2.75) is 25.4 Å². The highest BCUT2D eigenvalue weighted by Gasteiger charge is 2.23. The van der Waals surface area contributed by atoms with E-state index in [4.69, 9.17) is 4.42 Å². The van der Waals surface area contributed by atoms with Crippen molar-refractivity contribution < 1.29 is 17.6 Å². The van der Waals surface area contributed by atoms with Gasteiger partial charge < -0.3 is 9.73 Å². The highest BCUT2D eigenvalue weighted by atomic mass is 32.2. The monoisotopic (exact) mass is 427 g/mol. The van der Waals surface area contributed by atoms with E-state index in [1.54, 1.807) is 24.3 Å². The maximum Gasteiger partial charge on any atom is 0.287 e. The van der Waals surface area contributed by atoms with Crippen LogP contribution in [0.4, 0.5) is 5.69 Å². The lowest BCUT2D eigenvalue weighted by Crippen LogP contribution is -2.44. The van der Waals surface area contributed by atoms with E-state index in [0.29, 0.717) is 16.7 Å². The van der Waals surface area contributed by atoms with Gasteiger partial charge in [-0.15, -0.1) is 0 Å². The third-order valence-corrected chi connectivity index (χ3v) is 5.83. The van der Waals surface area contributed by atoms with Crippen LogP contribution < -0.4 is 10.0 Å². The van der Waals surface area contributed by atoms with Crippen molar-refractivity contribution in [2.24, 2.45) is 0 Å². The van der Waals surface area contributed by atoms with Crippen LogP contribution in [0.1, 0.15) is 29.0 Å². The number of nitrogens with zero attached hydrogens (tertiary/aromatic N) is 1. The van der Waals surface area contributed by atoms with E-state index in [-0.39, 0.29) is 17.7 Å². The highest BCUT2D eigenvalue weighted by Crippen LogP contribution is 2.27. The molecular weight excluding hydrogens is 402 g/mol. The number of anilines is 1. The number of fused-ring (bicyclic) bond motifs is 1. The van der Waals surface area contributed by atoms with Crippen molar-refractivity contribution in [3.05, 3.63) is 65.9 Å². The van der Waals surface area contributed by atoms with Crippen LogP contribution in [0.25, 0.3) is 11.0 Å². The largest absolute Gasteiger partial charge is 0.449 e. The lowest BCUT2D eigenvalue weighted by molar-refractivity contribution is 0.0883. The van der Waals surface area contributed by atoms with Gasteiger partial charge in [-0.1, -0.05) is 42.5 Å². The average molecular weight is 428 g/mol. The van der Waals surface area contributed by atoms with Gasteiger partial charge in [0.15, 0.2) is 11.3 Å². The first kappa shape index (κ1) is 20.4. The quantitative estimate of drug-likeness (QED) is 0.630. The molecule has 1 saturated heterocycles. The van der Waals surface area contributed by atoms with Gasteiger partial charge in [-0.2, -0.15) is 0 Å². The number of carbonyl (C=O) groups excluding carboxylic acids is 1. The Balaban J connectivity index is 1.37. The summed E-state index contributed by atoms with van der Waals surface area (Å²) in [5, 5.41) is 3.72. The molecule has 1 amide bonds. The van der Waals surface area contributed by atoms with Crippen LogP contribution in [0.5, 0.6) is 0 Å². The molecule has 0 spiro atoms. The first-order valence-electron chi connectivity index (χ1n) is 9.95. The summed E-state index contributed by atoms with van der Waals surface area (Å²) in [6.45, 7) is 2.76. The van der Waals surface area contributed by atoms with Crippen LogP contribution in [0.3, 0.4) is 0 Å². The summed E-state index contributed by atoms with van der Waals surface area (Å²) < 4.78 is 31.2. The summed E-state index contributed by atoms with van der Waals surface area (Å²) in [4.78, 5) is 15.1. The molecular formula is C22H25N3O4S. The normalized spacial score (nSPS) is 15.9. The lowest BCUT2D eigenvalue weighted by atomic mass is 10.0. The Morgan fingerprint density at radius 2 is 1.83 bits per heavy atom. The molecule has 30 heavy (non-hydrogen) atoms. The van der Waals surface area contributed by atoms with Gasteiger partial charge in [0.25, 0.3) is 5.91 Å². The smallest absolute Gasteiger partial charge is 0.287 e. The molecule has 0 atom stereocenters. The number of likely N-dealkylation sites (tertiary alicyclic amines) is 1. The second kappa shape index (κ2) is 8.49. The van der Waals surface area contributed by atoms with Crippen molar-refractivity contribution in [1.29, 1.82) is 0 Å². The molecule has 8 heteroatoms. The van der Waals surface area contributed by atoms with E-state index in [1.807, 2.05) is 18.2 Å². The average Bonchev–Trinajstić information content (AvgIpc) is 3.15. The number of rotatable bonds is 6. The van der Waals surface area contributed by atoms with E-state index < -0.39 is 10.0 Å². The number of carbonyl (C=O) groups is 1. The van der Waals surface area contributed by atoms with Crippen LogP contribution in [-0.4, -0.2) is 44.6 Å². The summed E-state index contributed by atoms with van der Waals surface area (Å²) in [6.07, 6.45) is 2.83. The Morgan fingerprint density at radius 1 is 1.10 bits per heavy atom. The van der Waals surface area contributed by atoms with Gasteiger partial charge in [-0.3, -0.25) is 14.4 Å². The third kappa shape index (κ3) is 5.01. The summed E-state index contributed by atoms with van der Waals surface area (Å²) in [5.41, 5.74) is 1.97. The molecule has 1 fully saturated rings. The number of benzene rings is 2. The number of para-hydroxylation sites is 1. The number of sulfonamides is 1. The molecule has 1 aliphatic rings. The van der Waals surface area contributed by atoms with Crippen molar-refractivity contribution in [3.8, 4) is 0 Å². The molecule has 0 aliphatic carbocycles. The van der Waals surface area contributed by atoms with Crippen LogP contribution in [0, 0.1) is 0 Å². The number of nitrogens with one attached hydrogen (secondary N) is 2. The van der Waals surface area contributed by atoms with Gasteiger partial charge in [-0.25, -0.2) is 8.42 Å². The molecule has 1 aromatic heterocycles. The Bertz CT molecular complexity index is 1130. The zero-order valence-electron chi connectivity index (χ0n) is 16.8. The fourth-order valence-electron chi connectivity index (χ4n) is 3.79. The molecule has 3 aromatic rings. The van der Waals surface area contributed by atoms with Crippen LogP contribution in [-0.2, 0) is 16.6 Å². The molecule has 0 bridgehead atoms. The Labute approximate surface area is 176 Å². The van der Waals surface area contributed by atoms with E-state index in [2.05, 4.69) is 27.1 Å². The molecule has 7 nitrogen and oxygen atoms in total. The number of furan rings is 1.